The van der Waals surface area contributed by atoms with Crippen LogP contribution >= 0.6 is 23.5 Å². The van der Waals surface area contributed by atoms with Gasteiger partial charge in [0, 0.05) is 10.6 Å². The molecule has 29 heavy (non-hydrogen) atoms. The quantitative estimate of drug-likeness (QED) is 0.283. The number of thioether (sulfide) groups is 2. The lowest BCUT2D eigenvalue weighted by Gasteiger charge is -2.20. The van der Waals surface area contributed by atoms with Crippen LogP contribution < -0.4 is 5.56 Å². The third-order valence-electron chi connectivity index (χ3n) is 4.97. The minimum absolute atomic E-state index is 0.00665. The first-order valence-corrected chi connectivity index (χ1v) is 11.7. The Bertz CT molecular complexity index is 1170. The third kappa shape index (κ3) is 4.26. The molecule has 0 aliphatic carbocycles. The zero-order chi connectivity index (χ0) is 20.2. The van der Waals surface area contributed by atoms with Gasteiger partial charge in [0.1, 0.15) is 0 Å². The summed E-state index contributed by atoms with van der Waals surface area (Å²) in [5.74, 6) is 0.765. The standard InChI is InChI=1S/C24H22N2OS2/c1-17(19-8-4-3-5-9-19)26-23(27)21-10-6-7-11-22(21)25-24(26)29-16-18-12-14-20(28-2)15-13-18/h3-15,17H,16H2,1-2H3/t17-/m0/s1. The molecule has 0 amide bonds. The van der Waals surface area contributed by atoms with Gasteiger partial charge in [-0.25, -0.2) is 4.98 Å². The summed E-state index contributed by atoms with van der Waals surface area (Å²) in [7, 11) is 0. The van der Waals surface area contributed by atoms with Crippen molar-refractivity contribution in [3.05, 3.63) is 100 Å². The number of hydrogen-bond acceptors (Lipinski definition) is 4. The second kappa shape index (κ2) is 8.89. The molecule has 1 atom stereocenters. The highest BCUT2D eigenvalue weighted by Crippen LogP contribution is 2.27. The van der Waals surface area contributed by atoms with Crippen molar-refractivity contribution < 1.29 is 0 Å². The van der Waals surface area contributed by atoms with E-state index in [1.807, 2.05) is 47.0 Å². The van der Waals surface area contributed by atoms with Crippen LogP contribution in [0, 0.1) is 0 Å². The monoisotopic (exact) mass is 418 g/mol. The summed E-state index contributed by atoms with van der Waals surface area (Å²) in [6, 6.07) is 26.2. The molecule has 0 aliphatic rings. The van der Waals surface area contributed by atoms with E-state index in [1.165, 1.54) is 10.5 Å². The van der Waals surface area contributed by atoms with Crippen LogP contribution in [0.2, 0.25) is 0 Å². The summed E-state index contributed by atoms with van der Waals surface area (Å²) in [4.78, 5) is 19.5. The molecule has 0 aliphatic heterocycles. The number of nitrogens with zero attached hydrogens (tertiary/aromatic N) is 2. The highest BCUT2D eigenvalue weighted by Gasteiger charge is 2.18. The Morgan fingerprint density at radius 3 is 2.34 bits per heavy atom. The van der Waals surface area contributed by atoms with Gasteiger partial charge in [0.2, 0.25) is 0 Å². The van der Waals surface area contributed by atoms with Gasteiger partial charge >= 0.3 is 0 Å². The molecule has 0 saturated heterocycles. The van der Waals surface area contributed by atoms with Crippen molar-refractivity contribution in [3.8, 4) is 0 Å². The van der Waals surface area contributed by atoms with Crippen LogP contribution in [0.4, 0.5) is 0 Å². The Morgan fingerprint density at radius 2 is 1.62 bits per heavy atom. The summed E-state index contributed by atoms with van der Waals surface area (Å²) in [6.45, 7) is 2.06. The molecule has 146 valence electrons. The second-order valence-corrected chi connectivity index (χ2v) is 8.63. The zero-order valence-electron chi connectivity index (χ0n) is 16.4. The fourth-order valence-corrected chi connectivity index (χ4v) is 4.76. The maximum atomic E-state index is 13.4. The highest BCUT2D eigenvalue weighted by molar-refractivity contribution is 7.98. The van der Waals surface area contributed by atoms with Crippen molar-refractivity contribution >= 4 is 34.4 Å². The SMILES string of the molecule is CSc1ccc(CSc2nc3ccccc3c(=O)n2[C@@H](C)c2ccccc2)cc1. The molecular weight excluding hydrogens is 396 g/mol. The van der Waals surface area contributed by atoms with Gasteiger partial charge in [-0.05, 0) is 48.6 Å². The second-order valence-electron chi connectivity index (χ2n) is 6.81. The van der Waals surface area contributed by atoms with Gasteiger partial charge in [-0.2, -0.15) is 0 Å². The molecule has 0 unspecified atom stereocenters. The van der Waals surface area contributed by atoms with Crippen molar-refractivity contribution in [1.82, 2.24) is 9.55 Å². The van der Waals surface area contributed by atoms with Crippen LogP contribution in [0.15, 0.2) is 93.7 Å². The van der Waals surface area contributed by atoms with E-state index in [1.54, 1.807) is 23.5 Å². The Labute approximate surface area is 179 Å². The van der Waals surface area contributed by atoms with Crippen molar-refractivity contribution in [1.29, 1.82) is 0 Å². The molecule has 0 bridgehead atoms. The highest BCUT2D eigenvalue weighted by atomic mass is 32.2. The first-order valence-electron chi connectivity index (χ1n) is 9.49. The van der Waals surface area contributed by atoms with E-state index in [4.69, 9.17) is 4.98 Å². The fraction of sp³-hybridized carbons (Fsp3) is 0.167. The van der Waals surface area contributed by atoms with E-state index in [9.17, 15) is 4.79 Å². The lowest BCUT2D eigenvalue weighted by Crippen LogP contribution is -2.27. The Kier molecular flexibility index (Phi) is 6.07. The van der Waals surface area contributed by atoms with Gasteiger partial charge in [0.15, 0.2) is 5.16 Å². The molecule has 0 radical (unpaired) electrons. The molecule has 5 heteroatoms. The van der Waals surface area contributed by atoms with E-state index in [0.29, 0.717) is 5.39 Å². The predicted molar refractivity (Wildman–Crippen MR) is 124 cm³/mol. The maximum Gasteiger partial charge on any atom is 0.262 e. The molecule has 0 saturated carbocycles. The van der Waals surface area contributed by atoms with Crippen molar-refractivity contribution in [2.75, 3.05) is 6.26 Å². The van der Waals surface area contributed by atoms with Gasteiger partial charge in [0.25, 0.3) is 5.56 Å². The molecule has 4 aromatic rings. The van der Waals surface area contributed by atoms with Crippen LogP contribution in [0.25, 0.3) is 10.9 Å². The number of aromatic nitrogens is 2. The topological polar surface area (TPSA) is 34.9 Å². The van der Waals surface area contributed by atoms with E-state index in [0.717, 1.165) is 22.0 Å². The lowest BCUT2D eigenvalue weighted by molar-refractivity contribution is 0.548. The number of fused-ring (bicyclic) bond motifs is 1. The minimum atomic E-state index is -0.0952. The summed E-state index contributed by atoms with van der Waals surface area (Å²) in [5, 5.41) is 1.41. The number of rotatable bonds is 6. The van der Waals surface area contributed by atoms with Crippen LogP contribution in [-0.2, 0) is 5.75 Å². The zero-order valence-corrected chi connectivity index (χ0v) is 18.0. The molecule has 3 aromatic carbocycles. The first-order chi connectivity index (χ1) is 14.2. The molecule has 4 rings (SSSR count). The average Bonchev–Trinajstić information content (AvgIpc) is 2.78. The van der Waals surface area contributed by atoms with Crippen molar-refractivity contribution in [2.24, 2.45) is 0 Å². The normalized spacial score (nSPS) is 12.2. The summed E-state index contributed by atoms with van der Waals surface area (Å²) in [5.41, 5.74) is 3.06. The molecule has 0 N–H and O–H groups in total. The van der Waals surface area contributed by atoms with Gasteiger partial charge in [-0.15, -0.1) is 11.8 Å². The Morgan fingerprint density at radius 1 is 0.931 bits per heavy atom. The van der Waals surface area contributed by atoms with Crippen LogP contribution in [0.5, 0.6) is 0 Å². The maximum absolute atomic E-state index is 13.4. The van der Waals surface area contributed by atoms with Crippen LogP contribution in [0.3, 0.4) is 0 Å². The van der Waals surface area contributed by atoms with Crippen molar-refractivity contribution in [3.63, 3.8) is 0 Å². The molecule has 3 nitrogen and oxygen atoms in total. The number of para-hydroxylation sites is 1. The summed E-state index contributed by atoms with van der Waals surface area (Å²) < 4.78 is 1.83. The van der Waals surface area contributed by atoms with Gasteiger partial charge in [-0.3, -0.25) is 9.36 Å². The summed E-state index contributed by atoms with van der Waals surface area (Å²) >= 11 is 3.35. The molecule has 0 fully saturated rings. The van der Waals surface area contributed by atoms with Gasteiger partial charge < -0.3 is 0 Å². The third-order valence-corrected chi connectivity index (χ3v) is 6.74. The minimum Gasteiger partial charge on any atom is -0.280 e. The average molecular weight is 419 g/mol. The Balaban J connectivity index is 1.75. The largest absolute Gasteiger partial charge is 0.280 e. The van der Waals surface area contributed by atoms with Crippen LogP contribution in [0.1, 0.15) is 24.1 Å². The summed E-state index contributed by atoms with van der Waals surface area (Å²) in [6.07, 6.45) is 2.08. The van der Waals surface area contributed by atoms with Gasteiger partial charge in [-0.1, -0.05) is 66.4 Å². The van der Waals surface area contributed by atoms with E-state index < -0.39 is 0 Å². The molecule has 1 heterocycles. The van der Waals surface area contributed by atoms with E-state index >= 15 is 0 Å². The molecule has 0 spiro atoms. The van der Waals surface area contributed by atoms with Crippen LogP contribution in [-0.4, -0.2) is 15.8 Å². The van der Waals surface area contributed by atoms with Gasteiger partial charge in [0.05, 0.1) is 16.9 Å². The Hall–Kier alpha value is -2.50. The molecular formula is C24H22N2OS2. The smallest absolute Gasteiger partial charge is 0.262 e. The number of benzene rings is 3. The first kappa shape index (κ1) is 19.8. The molecule has 1 aromatic heterocycles. The fourth-order valence-electron chi connectivity index (χ4n) is 3.32. The number of hydrogen-bond donors (Lipinski definition) is 0. The predicted octanol–water partition coefficient (Wildman–Crippen LogP) is 6.02. The van der Waals surface area contributed by atoms with E-state index in [-0.39, 0.29) is 11.6 Å². The lowest BCUT2D eigenvalue weighted by atomic mass is 10.1. The van der Waals surface area contributed by atoms with Crippen molar-refractivity contribution in [2.45, 2.75) is 28.8 Å². The van der Waals surface area contributed by atoms with E-state index in [2.05, 4.69) is 49.6 Å².